The van der Waals surface area contributed by atoms with Crippen molar-refractivity contribution in [2.24, 2.45) is 11.8 Å². The van der Waals surface area contributed by atoms with Crippen molar-refractivity contribution in [3.8, 4) is 0 Å². The highest BCUT2D eigenvalue weighted by Gasteiger charge is 2.43. The van der Waals surface area contributed by atoms with E-state index in [4.69, 9.17) is 5.73 Å². The average Bonchev–Trinajstić information content (AvgIpc) is 3.35. The second-order valence-electron chi connectivity index (χ2n) is 6.98. The van der Waals surface area contributed by atoms with E-state index in [0.717, 1.165) is 22.4 Å². The second-order valence-corrected chi connectivity index (χ2v) is 8.00. The van der Waals surface area contributed by atoms with Crippen LogP contribution in [-0.2, 0) is 0 Å². The number of thiophene rings is 1. The predicted octanol–water partition coefficient (Wildman–Crippen LogP) is 4.40. The van der Waals surface area contributed by atoms with Gasteiger partial charge in [-0.25, -0.2) is 0 Å². The Hall–Kier alpha value is -1.03. The van der Waals surface area contributed by atoms with Crippen LogP contribution < -0.4 is 11.1 Å². The summed E-state index contributed by atoms with van der Waals surface area (Å²) in [4.78, 5) is 12.9. The van der Waals surface area contributed by atoms with E-state index >= 15 is 0 Å². The molecule has 114 valence electrons. The molecular formula is C17H24N2OS. The van der Waals surface area contributed by atoms with E-state index in [-0.39, 0.29) is 5.78 Å². The summed E-state index contributed by atoms with van der Waals surface area (Å²) in [5.41, 5.74) is 8.38. The number of carbonyl (C=O) groups excluding carboxylic acids is 1. The molecule has 0 bridgehead atoms. The van der Waals surface area contributed by atoms with Crippen LogP contribution in [0.5, 0.6) is 0 Å². The molecule has 0 aromatic carbocycles. The van der Waals surface area contributed by atoms with Crippen LogP contribution in [0.1, 0.15) is 73.0 Å². The van der Waals surface area contributed by atoms with Gasteiger partial charge >= 0.3 is 0 Å². The Morgan fingerprint density at radius 1 is 1.24 bits per heavy atom. The normalized spacial score (nSPS) is 21.8. The Labute approximate surface area is 130 Å². The molecule has 0 radical (unpaired) electrons. The Morgan fingerprint density at radius 3 is 2.33 bits per heavy atom. The Kier molecular flexibility index (Phi) is 3.25. The molecule has 1 aromatic heterocycles. The van der Waals surface area contributed by atoms with Gasteiger partial charge in [0, 0.05) is 18.0 Å². The molecule has 0 aliphatic heterocycles. The van der Waals surface area contributed by atoms with Crippen molar-refractivity contribution < 1.29 is 4.79 Å². The number of hydrogen-bond acceptors (Lipinski definition) is 4. The number of Topliss-reactive ketones (excluding diaryl/α,β-unsaturated/α-hetero) is 1. The number of carbonyl (C=O) groups is 1. The topological polar surface area (TPSA) is 55.1 Å². The molecule has 1 aromatic rings. The first-order valence-corrected chi connectivity index (χ1v) is 9.22. The molecule has 3 fully saturated rings. The van der Waals surface area contributed by atoms with E-state index in [1.54, 1.807) is 11.3 Å². The summed E-state index contributed by atoms with van der Waals surface area (Å²) in [6, 6.07) is 0.630. The maximum Gasteiger partial charge on any atom is 0.174 e. The summed E-state index contributed by atoms with van der Waals surface area (Å²) >= 11 is 1.62. The van der Waals surface area contributed by atoms with Gasteiger partial charge in [-0.1, -0.05) is 6.92 Å². The first-order chi connectivity index (χ1) is 10.2. The number of ketones is 1. The molecule has 3 nitrogen and oxygen atoms in total. The van der Waals surface area contributed by atoms with Crippen molar-refractivity contribution in [1.29, 1.82) is 0 Å². The second kappa shape index (κ2) is 5.01. The third-order valence-electron chi connectivity index (χ3n) is 5.10. The molecule has 4 heteroatoms. The van der Waals surface area contributed by atoms with Crippen molar-refractivity contribution in [3.63, 3.8) is 0 Å². The monoisotopic (exact) mass is 304 g/mol. The minimum Gasteiger partial charge on any atom is -0.397 e. The maximum absolute atomic E-state index is 12.1. The van der Waals surface area contributed by atoms with Gasteiger partial charge in [0.15, 0.2) is 5.78 Å². The summed E-state index contributed by atoms with van der Waals surface area (Å²) in [6.07, 6.45) is 8.48. The molecule has 0 saturated heterocycles. The number of hydrogen-bond donors (Lipinski definition) is 2. The smallest absolute Gasteiger partial charge is 0.174 e. The summed E-state index contributed by atoms with van der Waals surface area (Å²) in [6.45, 7) is 1.92. The van der Waals surface area contributed by atoms with Crippen LogP contribution >= 0.6 is 11.3 Å². The Bertz CT molecular complexity index is 556. The first-order valence-electron chi connectivity index (χ1n) is 8.41. The fourth-order valence-electron chi connectivity index (χ4n) is 3.39. The number of nitrogens with one attached hydrogen (secondary N) is 1. The van der Waals surface area contributed by atoms with Crippen LogP contribution in [-0.4, -0.2) is 11.8 Å². The van der Waals surface area contributed by atoms with Crippen LogP contribution in [0, 0.1) is 11.8 Å². The van der Waals surface area contributed by atoms with Crippen LogP contribution in [0.3, 0.4) is 0 Å². The highest BCUT2D eigenvalue weighted by Crippen LogP contribution is 2.53. The Morgan fingerprint density at radius 2 is 1.86 bits per heavy atom. The van der Waals surface area contributed by atoms with Gasteiger partial charge in [-0.05, 0) is 56.3 Å². The number of nitrogens with two attached hydrogens (primary N) is 1. The van der Waals surface area contributed by atoms with Gasteiger partial charge < -0.3 is 11.1 Å². The molecule has 4 rings (SSSR count). The highest BCUT2D eigenvalue weighted by molar-refractivity contribution is 7.18. The predicted molar refractivity (Wildman–Crippen MR) is 88.2 cm³/mol. The van der Waals surface area contributed by atoms with Crippen molar-refractivity contribution in [2.75, 3.05) is 11.1 Å². The van der Waals surface area contributed by atoms with Gasteiger partial charge in [0.1, 0.15) is 0 Å². The molecule has 21 heavy (non-hydrogen) atoms. The largest absolute Gasteiger partial charge is 0.397 e. The highest BCUT2D eigenvalue weighted by atomic mass is 32.1. The lowest BCUT2D eigenvalue weighted by molar-refractivity contribution is 0.0993. The average molecular weight is 304 g/mol. The Balaban J connectivity index is 1.64. The maximum atomic E-state index is 12.1. The van der Waals surface area contributed by atoms with E-state index in [1.165, 1.54) is 49.1 Å². The quantitative estimate of drug-likeness (QED) is 0.734. The summed E-state index contributed by atoms with van der Waals surface area (Å²) < 4.78 is 0. The van der Waals surface area contributed by atoms with E-state index in [0.29, 0.717) is 18.4 Å². The number of anilines is 2. The molecule has 3 aliphatic rings. The zero-order chi connectivity index (χ0) is 14.6. The van der Waals surface area contributed by atoms with Crippen LogP contribution in [0.4, 0.5) is 10.7 Å². The van der Waals surface area contributed by atoms with Gasteiger partial charge in [0.25, 0.3) is 0 Å². The number of rotatable bonds is 7. The number of nitrogen functional groups attached to an aromatic ring is 1. The van der Waals surface area contributed by atoms with Crippen LogP contribution in [0.25, 0.3) is 0 Å². The van der Waals surface area contributed by atoms with E-state index in [2.05, 4.69) is 5.32 Å². The van der Waals surface area contributed by atoms with Crippen molar-refractivity contribution in [3.05, 3.63) is 10.4 Å². The fourth-order valence-corrected chi connectivity index (χ4v) is 4.66. The lowest BCUT2D eigenvalue weighted by atomic mass is 10.1. The fraction of sp³-hybridized carbons (Fsp3) is 0.706. The standard InChI is InChI=1S/C17H24N2OS/c1-2-12(20)16-14(18)13(9-3-4-9)17(21-16)19-15(10-5-6-10)11-7-8-11/h9-11,15,19H,2-8,18H2,1H3. The molecule has 3 saturated carbocycles. The van der Waals surface area contributed by atoms with Crippen LogP contribution in [0.2, 0.25) is 0 Å². The summed E-state index contributed by atoms with van der Waals surface area (Å²) in [5.74, 6) is 2.51. The van der Waals surface area contributed by atoms with Gasteiger partial charge in [-0.2, -0.15) is 0 Å². The van der Waals surface area contributed by atoms with Gasteiger partial charge in [-0.15, -0.1) is 11.3 Å². The summed E-state index contributed by atoms with van der Waals surface area (Å²) in [5, 5.41) is 5.04. The van der Waals surface area contributed by atoms with Crippen LogP contribution in [0.15, 0.2) is 0 Å². The SMILES string of the molecule is CCC(=O)c1sc(NC(C2CC2)C2CC2)c(C2CC2)c1N. The molecule has 3 aliphatic carbocycles. The minimum atomic E-state index is 0.196. The molecule has 3 N–H and O–H groups in total. The zero-order valence-electron chi connectivity index (χ0n) is 12.7. The van der Waals surface area contributed by atoms with Gasteiger partial charge in [0.2, 0.25) is 0 Å². The lowest BCUT2D eigenvalue weighted by Crippen LogP contribution is -2.24. The van der Waals surface area contributed by atoms with E-state index in [1.807, 2.05) is 6.92 Å². The third kappa shape index (κ3) is 2.59. The van der Waals surface area contributed by atoms with Crippen molar-refractivity contribution in [1.82, 2.24) is 0 Å². The molecule has 0 spiro atoms. The molecule has 0 atom stereocenters. The first kappa shape index (κ1) is 13.6. The van der Waals surface area contributed by atoms with Crippen molar-refractivity contribution >= 4 is 27.8 Å². The molecule has 1 heterocycles. The van der Waals surface area contributed by atoms with E-state index in [9.17, 15) is 4.79 Å². The van der Waals surface area contributed by atoms with Gasteiger partial charge in [-0.3, -0.25) is 4.79 Å². The minimum absolute atomic E-state index is 0.196. The zero-order valence-corrected chi connectivity index (χ0v) is 13.5. The molecular weight excluding hydrogens is 280 g/mol. The third-order valence-corrected chi connectivity index (χ3v) is 6.29. The molecule has 0 amide bonds. The van der Waals surface area contributed by atoms with Gasteiger partial charge in [0.05, 0.1) is 15.6 Å². The molecule has 0 unspecified atom stereocenters. The van der Waals surface area contributed by atoms with Crippen molar-refractivity contribution in [2.45, 2.75) is 63.8 Å². The summed E-state index contributed by atoms with van der Waals surface area (Å²) in [7, 11) is 0. The lowest BCUT2D eigenvalue weighted by Gasteiger charge is -2.19. The van der Waals surface area contributed by atoms with E-state index < -0.39 is 0 Å².